The first-order chi connectivity index (χ1) is 8.45. The zero-order valence-corrected chi connectivity index (χ0v) is 11.8. The van der Waals surface area contributed by atoms with Crippen LogP contribution in [0.4, 0.5) is 0 Å². The first kappa shape index (κ1) is 16.9. The Morgan fingerprint density at radius 3 is 2.28 bits per heavy atom. The van der Waals surface area contributed by atoms with Crippen LogP contribution in [0.5, 0.6) is 0 Å². The minimum atomic E-state index is -0.132. The number of amides is 2. The third-order valence-electron chi connectivity index (χ3n) is 2.68. The molecule has 0 spiro atoms. The number of carbonyl (C=O) groups is 2. The van der Waals surface area contributed by atoms with E-state index in [0.717, 1.165) is 12.8 Å². The van der Waals surface area contributed by atoms with Crippen molar-refractivity contribution in [3.8, 4) is 0 Å². The molecule has 0 heterocycles. The van der Waals surface area contributed by atoms with E-state index in [9.17, 15) is 9.59 Å². The second-order valence-corrected chi connectivity index (χ2v) is 5.20. The highest BCUT2D eigenvalue weighted by molar-refractivity contribution is 5.84. The van der Waals surface area contributed by atoms with Gasteiger partial charge in [0.25, 0.3) is 0 Å². The number of nitrogens with one attached hydrogen (secondary N) is 2. The predicted octanol–water partition coefficient (Wildman–Crippen LogP) is 0.640. The van der Waals surface area contributed by atoms with Crippen molar-refractivity contribution in [1.82, 2.24) is 10.6 Å². The van der Waals surface area contributed by atoms with Crippen LogP contribution in [0.3, 0.4) is 0 Å². The molecule has 5 nitrogen and oxygen atoms in total. The lowest BCUT2D eigenvalue weighted by Gasteiger charge is -2.10. The van der Waals surface area contributed by atoms with E-state index in [1.807, 2.05) is 13.8 Å². The minimum Gasteiger partial charge on any atom is -0.354 e. The molecule has 0 saturated heterocycles. The molecule has 0 rings (SSSR count). The maximum absolute atomic E-state index is 11.5. The Hall–Kier alpha value is -1.10. The summed E-state index contributed by atoms with van der Waals surface area (Å²) in [4.78, 5) is 22.8. The minimum absolute atomic E-state index is 0.0663. The van der Waals surface area contributed by atoms with Crippen molar-refractivity contribution >= 4 is 11.8 Å². The lowest BCUT2D eigenvalue weighted by Crippen LogP contribution is -2.38. The lowest BCUT2D eigenvalue weighted by molar-refractivity contribution is -0.126. The van der Waals surface area contributed by atoms with Gasteiger partial charge in [-0.15, -0.1) is 0 Å². The van der Waals surface area contributed by atoms with Crippen LogP contribution in [-0.4, -0.2) is 31.4 Å². The Bertz CT molecular complexity index is 255. The molecule has 0 aliphatic carbocycles. The fraction of sp³-hybridized carbons (Fsp3) is 0.846. The van der Waals surface area contributed by atoms with E-state index < -0.39 is 0 Å². The van der Waals surface area contributed by atoms with Crippen molar-refractivity contribution in [3.63, 3.8) is 0 Å². The average molecular weight is 257 g/mol. The van der Waals surface area contributed by atoms with Gasteiger partial charge >= 0.3 is 0 Å². The maximum atomic E-state index is 11.5. The van der Waals surface area contributed by atoms with Gasteiger partial charge in [0.1, 0.15) is 0 Å². The van der Waals surface area contributed by atoms with Gasteiger partial charge in [0.15, 0.2) is 0 Å². The molecule has 5 heteroatoms. The van der Waals surface area contributed by atoms with Gasteiger partial charge in [-0.25, -0.2) is 0 Å². The fourth-order valence-electron chi connectivity index (χ4n) is 1.45. The van der Waals surface area contributed by atoms with Crippen molar-refractivity contribution in [2.75, 3.05) is 19.6 Å². The van der Waals surface area contributed by atoms with E-state index in [0.29, 0.717) is 31.3 Å². The molecular weight excluding hydrogens is 230 g/mol. The molecule has 0 aliphatic heterocycles. The zero-order valence-electron chi connectivity index (χ0n) is 11.8. The number of rotatable bonds is 9. The van der Waals surface area contributed by atoms with E-state index in [1.54, 1.807) is 0 Å². The average Bonchev–Trinajstić information content (AvgIpc) is 2.31. The van der Waals surface area contributed by atoms with Gasteiger partial charge in [-0.2, -0.15) is 0 Å². The van der Waals surface area contributed by atoms with Gasteiger partial charge in [-0.05, 0) is 31.2 Å². The van der Waals surface area contributed by atoms with E-state index in [4.69, 9.17) is 5.73 Å². The van der Waals surface area contributed by atoms with Crippen LogP contribution in [0.15, 0.2) is 0 Å². The molecule has 1 unspecified atom stereocenters. The van der Waals surface area contributed by atoms with Crippen LogP contribution in [-0.2, 0) is 9.59 Å². The molecular formula is C13H27N3O2. The molecule has 1 atom stereocenters. The molecule has 0 radical (unpaired) electrons. The quantitative estimate of drug-likeness (QED) is 0.567. The monoisotopic (exact) mass is 257 g/mol. The summed E-state index contributed by atoms with van der Waals surface area (Å²) in [5, 5.41) is 5.37. The number of carbonyl (C=O) groups excluding carboxylic acids is 2. The molecule has 18 heavy (non-hydrogen) atoms. The van der Waals surface area contributed by atoms with E-state index >= 15 is 0 Å². The third-order valence-corrected chi connectivity index (χ3v) is 2.68. The third kappa shape index (κ3) is 10.1. The van der Waals surface area contributed by atoms with Crippen molar-refractivity contribution in [2.45, 2.75) is 40.0 Å². The van der Waals surface area contributed by atoms with Crippen molar-refractivity contribution in [1.29, 1.82) is 0 Å². The number of nitrogens with two attached hydrogens (primary N) is 1. The van der Waals surface area contributed by atoms with Crippen LogP contribution in [0.1, 0.15) is 40.0 Å². The molecule has 0 bridgehead atoms. The summed E-state index contributed by atoms with van der Waals surface area (Å²) in [6.07, 6.45) is 2.21. The van der Waals surface area contributed by atoms with Crippen molar-refractivity contribution in [3.05, 3.63) is 0 Å². The van der Waals surface area contributed by atoms with Gasteiger partial charge in [0, 0.05) is 13.0 Å². The van der Waals surface area contributed by atoms with Crippen LogP contribution in [0.2, 0.25) is 0 Å². The number of hydrogen-bond acceptors (Lipinski definition) is 3. The number of hydrogen-bond donors (Lipinski definition) is 3. The summed E-state index contributed by atoms with van der Waals surface area (Å²) in [6.45, 7) is 7.49. The molecule has 0 fully saturated rings. The highest BCUT2D eigenvalue weighted by Crippen LogP contribution is 2.08. The second kappa shape index (κ2) is 9.88. The Morgan fingerprint density at radius 2 is 1.72 bits per heavy atom. The summed E-state index contributed by atoms with van der Waals surface area (Å²) >= 11 is 0. The Morgan fingerprint density at radius 1 is 1.06 bits per heavy atom. The van der Waals surface area contributed by atoms with Gasteiger partial charge in [-0.3, -0.25) is 9.59 Å². The summed E-state index contributed by atoms with van der Waals surface area (Å²) in [7, 11) is 0. The smallest absolute Gasteiger partial charge is 0.239 e. The zero-order chi connectivity index (χ0) is 14.0. The molecule has 4 N–H and O–H groups in total. The standard InChI is InChI=1S/C13H27N3O2/c1-10(2)8-15-13(18)9-16-12(17)5-4-11(3)6-7-14/h10-11H,4-9,14H2,1-3H3,(H,15,18)(H,16,17). The van der Waals surface area contributed by atoms with E-state index in [1.165, 1.54) is 0 Å². The molecule has 0 aromatic carbocycles. The van der Waals surface area contributed by atoms with Gasteiger partial charge < -0.3 is 16.4 Å². The topological polar surface area (TPSA) is 84.2 Å². The summed E-state index contributed by atoms with van der Waals surface area (Å²) in [5.74, 6) is 0.669. The van der Waals surface area contributed by atoms with E-state index in [2.05, 4.69) is 17.6 Å². The first-order valence-corrected chi connectivity index (χ1v) is 6.69. The molecule has 0 aliphatic rings. The van der Waals surface area contributed by atoms with Gasteiger partial charge in [0.05, 0.1) is 6.54 Å². The largest absolute Gasteiger partial charge is 0.354 e. The van der Waals surface area contributed by atoms with Gasteiger partial charge in [0.2, 0.25) is 11.8 Å². The first-order valence-electron chi connectivity index (χ1n) is 6.69. The molecule has 0 aromatic rings. The van der Waals surface area contributed by atoms with Crippen molar-refractivity contribution < 1.29 is 9.59 Å². The maximum Gasteiger partial charge on any atom is 0.239 e. The highest BCUT2D eigenvalue weighted by atomic mass is 16.2. The van der Waals surface area contributed by atoms with Crippen molar-refractivity contribution in [2.24, 2.45) is 17.6 Å². The molecule has 0 aromatic heterocycles. The van der Waals surface area contributed by atoms with Crippen LogP contribution >= 0.6 is 0 Å². The molecule has 0 saturated carbocycles. The molecule has 106 valence electrons. The second-order valence-electron chi connectivity index (χ2n) is 5.20. The Labute approximate surface area is 110 Å². The van der Waals surface area contributed by atoms with Gasteiger partial charge in [-0.1, -0.05) is 20.8 Å². The van der Waals surface area contributed by atoms with Crippen LogP contribution in [0, 0.1) is 11.8 Å². The van der Waals surface area contributed by atoms with E-state index in [-0.39, 0.29) is 18.4 Å². The van der Waals surface area contributed by atoms with Crippen LogP contribution < -0.4 is 16.4 Å². The Kier molecular flexibility index (Phi) is 9.28. The summed E-state index contributed by atoms with van der Waals surface area (Å²) in [5.41, 5.74) is 5.44. The normalized spacial score (nSPS) is 12.3. The molecule has 2 amide bonds. The fourth-order valence-corrected chi connectivity index (χ4v) is 1.45. The highest BCUT2D eigenvalue weighted by Gasteiger charge is 2.08. The Balaban J connectivity index is 3.60. The summed E-state index contributed by atoms with van der Waals surface area (Å²) < 4.78 is 0. The predicted molar refractivity (Wildman–Crippen MR) is 72.9 cm³/mol. The SMILES string of the molecule is CC(C)CNC(=O)CNC(=O)CCC(C)CCN. The lowest BCUT2D eigenvalue weighted by atomic mass is 10.0. The van der Waals surface area contributed by atoms with Crippen LogP contribution in [0.25, 0.3) is 0 Å². The summed E-state index contributed by atoms with van der Waals surface area (Å²) in [6, 6.07) is 0.